The Hall–Kier alpha value is -2.96. The fourth-order valence-corrected chi connectivity index (χ4v) is 2.75. The molecule has 25 heavy (non-hydrogen) atoms. The summed E-state index contributed by atoms with van der Waals surface area (Å²) < 4.78 is 3.49. The monoisotopic (exact) mass is 339 g/mol. The van der Waals surface area contributed by atoms with Gasteiger partial charge in [-0.3, -0.25) is 9.59 Å². The van der Waals surface area contributed by atoms with Gasteiger partial charge < -0.3 is 14.5 Å². The van der Waals surface area contributed by atoms with Crippen LogP contribution in [0.4, 0.5) is 0 Å². The summed E-state index contributed by atoms with van der Waals surface area (Å²) in [4.78, 5) is 32.4. The van der Waals surface area contributed by atoms with Crippen molar-refractivity contribution in [1.29, 1.82) is 0 Å². The number of aromatic nitrogens is 4. The van der Waals surface area contributed by atoms with Gasteiger partial charge in [0.2, 0.25) is 5.91 Å². The third-order valence-electron chi connectivity index (χ3n) is 4.21. The maximum Gasteiger partial charge on any atom is 0.256 e. The lowest BCUT2D eigenvalue weighted by Gasteiger charge is -2.08. The smallest absolute Gasteiger partial charge is 0.256 e. The fraction of sp³-hybridized carbons (Fsp3) is 0.333. The van der Waals surface area contributed by atoms with E-state index in [2.05, 4.69) is 19.9 Å². The first kappa shape index (κ1) is 16.9. The second-order valence-electron chi connectivity index (χ2n) is 6.04. The quantitative estimate of drug-likeness (QED) is 0.684. The molecule has 7 heteroatoms. The van der Waals surface area contributed by atoms with Crippen molar-refractivity contribution in [2.75, 3.05) is 6.54 Å². The summed E-state index contributed by atoms with van der Waals surface area (Å²) in [5.41, 5.74) is 2.99. The predicted molar refractivity (Wildman–Crippen MR) is 95.3 cm³/mol. The molecule has 0 radical (unpaired) electrons. The summed E-state index contributed by atoms with van der Waals surface area (Å²) >= 11 is 0. The van der Waals surface area contributed by atoms with Crippen LogP contribution in [0.1, 0.15) is 17.7 Å². The van der Waals surface area contributed by atoms with Crippen molar-refractivity contribution in [2.24, 2.45) is 7.05 Å². The molecule has 3 rings (SSSR count). The molecule has 0 aliphatic carbocycles. The Morgan fingerprint density at radius 2 is 2.00 bits per heavy atom. The Morgan fingerprint density at radius 1 is 1.20 bits per heavy atom. The Labute approximate surface area is 145 Å². The van der Waals surface area contributed by atoms with Gasteiger partial charge in [0, 0.05) is 25.7 Å². The lowest BCUT2D eigenvalue weighted by molar-refractivity contribution is -0.120. The molecule has 3 aromatic rings. The number of carbonyl (C=O) groups is 1. The van der Waals surface area contributed by atoms with Crippen LogP contribution in [-0.2, 0) is 24.8 Å². The van der Waals surface area contributed by atoms with Gasteiger partial charge in [-0.15, -0.1) is 0 Å². The highest BCUT2D eigenvalue weighted by molar-refractivity contribution is 5.78. The lowest BCUT2D eigenvalue weighted by Crippen LogP contribution is -2.29. The summed E-state index contributed by atoms with van der Waals surface area (Å²) in [7, 11) is 1.64. The minimum Gasteiger partial charge on any atom is -0.356 e. The van der Waals surface area contributed by atoms with Gasteiger partial charge in [-0.25, -0.2) is 9.97 Å². The number of nitrogens with zero attached hydrogens (tertiary/aromatic N) is 4. The lowest BCUT2D eigenvalue weighted by atomic mass is 10.2. The van der Waals surface area contributed by atoms with Crippen LogP contribution in [0.5, 0.6) is 0 Å². The largest absolute Gasteiger partial charge is 0.356 e. The van der Waals surface area contributed by atoms with Gasteiger partial charge in [0.05, 0.1) is 35.8 Å². The van der Waals surface area contributed by atoms with Crippen molar-refractivity contribution in [3.05, 3.63) is 58.5 Å². The summed E-state index contributed by atoms with van der Waals surface area (Å²) in [5, 5.41) is 2.88. The van der Waals surface area contributed by atoms with Crippen molar-refractivity contribution in [1.82, 2.24) is 24.4 Å². The number of benzene rings is 1. The van der Waals surface area contributed by atoms with Crippen LogP contribution in [0, 0.1) is 6.92 Å². The molecule has 1 aromatic carbocycles. The molecule has 0 unspecified atom stereocenters. The number of rotatable bonds is 6. The molecule has 0 saturated heterocycles. The van der Waals surface area contributed by atoms with Crippen molar-refractivity contribution in [3.8, 4) is 0 Å². The standard InChI is InChI=1S/C18H21N5O2/c1-13-15(20-11-22(2)18(13)25)10-17(24)19-8-5-9-23-12-21-14-6-3-4-7-16(14)23/h3-4,6-7,11-12H,5,8-10H2,1-2H3,(H,19,24). The number of nitrogens with one attached hydrogen (secondary N) is 1. The van der Waals surface area contributed by atoms with Crippen LogP contribution >= 0.6 is 0 Å². The maximum atomic E-state index is 12.1. The van der Waals surface area contributed by atoms with Crippen LogP contribution in [0.3, 0.4) is 0 Å². The molecule has 0 atom stereocenters. The van der Waals surface area contributed by atoms with E-state index in [-0.39, 0.29) is 17.9 Å². The SMILES string of the molecule is Cc1c(CC(=O)NCCCn2cnc3ccccc32)ncn(C)c1=O. The van der Waals surface area contributed by atoms with Gasteiger partial charge in [-0.05, 0) is 25.5 Å². The minimum absolute atomic E-state index is 0.121. The first-order valence-electron chi connectivity index (χ1n) is 8.24. The molecular formula is C18H21N5O2. The third-order valence-corrected chi connectivity index (χ3v) is 4.21. The van der Waals surface area contributed by atoms with Crippen molar-refractivity contribution < 1.29 is 4.79 Å². The van der Waals surface area contributed by atoms with Crippen LogP contribution in [0.2, 0.25) is 0 Å². The van der Waals surface area contributed by atoms with E-state index in [1.54, 1.807) is 14.0 Å². The number of imidazole rings is 1. The summed E-state index contributed by atoms with van der Waals surface area (Å²) in [5.74, 6) is -0.126. The zero-order chi connectivity index (χ0) is 17.8. The number of amides is 1. The Bertz CT molecular complexity index is 957. The van der Waals surface area contributed by atoms with E-state index in [0.29, 0.717) is 17.8 Å². The highest BCUT2D eigenvalue weighted by Gasteiger charge is 2.10. The average Bonchev–Trinajstić information content (AvgIpc) is 3.02. The van der Waals surface area contributed by atoms with Crippen molar-refractivity contribution in [2.45, 2.75) is 26.3 Å². The average molecular weight is 339 g/mol. The topological polar surface area (TPSA) is 81.8 Å². The van der Waals surface area contributed by atoms with Gasteiger partial charge in [0.1, 0.15) is 0 Å². The first-order chi connectivity index (χ1) is 12.1. The molecule has 2 heterocycles. The number of aryl methyl sites for hydroxylation is 2. The Morgan fingerprint density at radius 3 is 2.84 bits per heavy atom. The second kappa shape index (κ2) is 7.29. The summed E-state index contributed by atoms with van der Waals surface area (Å²) in [6.07, 6.45) is 4.19. The van der Waals surface area contributed by atoms with Crippen molar-refractivity contribution in [3.63, 3.8) is 0 Å². The van der Waals surface area contributed by atoms with Gasteiger partial charge in [-0.1, -0.05) is 12.1 Å². The number of fused-ring (bicyclic) bond motifs is 1. The first-order valence-corrected chi connectivity index (χ1v) is 8.24. The molecule has 0 saturated carbocycles. The molecule has 1 N–H and O–H groups in total. The highest BCUT2D eigenvalue weighted by atomic mass is 16.1. The van der Waals surface area contributed by atoms with Crippen LogP contribution in [0.25, 0.3) is 11.0 Å². The van der Waals surface area contributed by atoms with Crippen LogP contribution in [-0.4, -0.2) is 31.6 Å². The zero-order valence-electron chi connectivity index (χ0n) is 14.4. The number of hydrogen-bond donors (Lipinski definition) is 1. The molecule has 0 fully saturated rings. The maximum absolute atomic E-state index is 12.1. The predicted octanol–water partition coefficient (Wildman–Crippen LogP) is 1.19. The summed E-state index contributed by atoms with van der Waals surface area (Å²) in [6, 6.07) is 7.97. The van der Waals surface area contributed by atoms with E-state index in [1.165, 1.54) is 10.9 Å². The van der Waals surface area contributed by atoms with E-state index < -0.39 is 0 Å². The summed E-state index contributed by atoms with van der Waals surface area (Å²) in [6.45, 7) is 3.04. The molecule has 1 amide bonds. The zero-order valence-corrected chi connectivity index (χ0v) is 14.4. The molecule has 0 aliphatic rings. The van der Waals surface area contributed by atoms with E-state index in [0.717, 1.165) is 24.0 Å². The molecular weight excluding hydrogens is 318 g/mol. The number of carbonyl (C=O) groups excluding carboxylic acids is 1. The van der Waals surface area contributed by atoms with E-state index >= 15 is 0 Å². The van der Waals surface area contributed by atoms with Gasteiger partial charge in [0.15, 0.2) is 0 Å². The molecule has 0 aliphatic heterocycles. The normalized spacial score (nSPS) is 11.0. The van der Waals surface area contributed by atoms with Gasteiger partial charge in [0.25, 0.3) is 5.56 Å². The molecule has 0 bridgehead atoms. The van der Waals surface area contributed by atoms with E-state index in [4.69, 9.17) is 0 Å². The van der Waals surface area contributed by atoms with Gasteiger partial charge in [-0.2, -0.15) is 0 Å². The van der Waals surface area contributed by atoms with Crippen molar-refractivity contribution >= 4 is 16.9 Å². The minimum atomic E-state index is -0.126. The van der Waals surface area contributed by atoms with Crippen LogP contribution < -0.4 is 10.9 Å². The molecule has 2 aromatic heterocycles. The number of para-hydroxylation sites is 2. The van der Waals surface area contributed by atoms with E-state index in [9.17, 15) is 9.59 Å². The Kier molecular flexibility index (Phi) is 4.92. The third kappa shape index (κ3) is 3.76. The molecule has 130 valence electrons. The molecule has 7 nitrogen and oxygen atoms in total. The Balaban J connectivity index is 1.50. The fourth-order valence-electron chi connectivity index (χ4n) is 2.75. The molecule has 0 spiro atoms. The van der Waals surface area contributed by atoms with E-state index in [1.807, 2.05) is 30.6 Å². The van der Waals surface area contributed by atoms with Gasteiger partial charge >= 0.3 is 0 Å². The highest BCUT2D eigenvalue weighted by Crippen LogP contribution is 2.11. The van der Waals surface area contributed by atoms with Crippen LogP contribution in [0.15, 0.2) is 41.7 Å². The number of hydrogen-bond acceptors (Lipinski definition) is 4. The second-order valence-corrected chi connectivity index (χ2v) is 6.04.